The second-order valence-corrected chi connectivity index (χ2v) is 20.1. The molecule has 10 atom stereocenters. The Labute approximate surface area is 358 Å². The van der Waals surface area contributed by atoms with Crippen molar-refractivity contribution in [2.75, 3.05) is 30.9 Å². The fourth-order valence-electron chi connectivity index (χ4n) is 6.26. The summed E-state index contributed by atoms with van der Waals surface area (Å²) in [6.45, 7) is 4.62. The highest BCUT2D eigenvalue weighted by atomic mass is 33.1. The van der Waals surface area contributed by atoms with Crippen LogP contribution in [-0.2, 0) is 52.3 Å². The molecule has 2 aliphatic rings. The van der Waals surface area contributed by atoms with Gasteiger partial charge in [-0.2, -0.15) is 4.98 Å². The zero-order valence-electron chi connectivity index (χ0n) is 33.3. The highest BCUT2D eigenvalue weighted by Gasteiger charge is 2.59. The minimum absolute atomic E-state index is 0.0200. The number of nitrogens with zero attached hydrogens (tertiary/aromatic N) is 9. The van der Waals surface area contributed by atoms with Crippen molar-refractivity contribution in [3.63, 3.8) is 0 Å². The summed E-state index contributed by atoms with van der Waals surface area (Å²) in [7, 11) is -7.70. The lowest BCUT2D eigenvalue weighted by molar-refractivity contribution is -0.159. The van der Waals surface area contributed by atoms with E-state index in [0.29, 0.717) is 0 Å². The van der Waals surface area contributed by atoms with Crippen molar-refractivity contribution < 1.29 is 71.0 Å². The number of aliphatic hydroxyl groups excluding tert-OH is 1. The Hall–Kier alpha value is -4.12. The maximum absolute atomic E-state index is 14.0. The predicted octanol–water partition coefficient (Wildman–Crippen LogP) is 1.42. The van der Waals surface area contributed by atoms with E-state index in [0.717, 1.165) is 21.8 Å². The van der Waals surface area contributed by atoms with E-state index < -0.39 is 107 Å². The number of fused-ring (bicyclic) bond motifs is 1. The lowest BCUT2D eigenvalue weighted by atomic mass is 10.1. The molecule has 0 radical (unpaired) electrons. The predicted molar refractivity (Wildman–Crippen MR) is 216 cm³/mol. The summed E-state index contributed by atoms with van der Waals surface area (Å²) < 4.78 is 65.2. The van der Waals surface area contributed by atoms with Crippen molar-refractivity contribution in [2.45, 2.75) is 100 Å². The minimum Gasteiger partial charge on any atom is -0.455 e. The summed E-state index contributed by atoms with van der Waals surface area (Å²) in [4.78, 5) is 87.6. The molecule has 0 aliphatic carbocycles. The number of esters is 1. The highest BCUT2D eigenvalue weighted by molar-refractivity contribution is 8.76. The van der Waals surface area contributed by atoms with E-state index in [1.54, 1.807) is 34.0 Å². The molecule has 2 fully saturated rings. The van der Waals surface area contributed by atoms with Crippen molar-refractivity contribution in [3.05, 3.63) is 45.8 Å². The molecule has 5 rings (SSSR count). The van der Waals surface area contributed by atoms with Gasteiger partial charge in [0.25, 0.3) is 5.85 Å². The number of alkyl carbamates (subject to hydrolysis) is 1. The first-order valence-electron chi connectivity index (χ1n) is 18.1. The van der Waals surface area contributed by atoms with E-state index in [2.05, 4.69) is 39.8 Å². The number of anilines is 2. The maximum atomic E-state index is 14.0. The number of carbonyl (C=O) groups is 2. The van der Waals surface area contributed by atoms with E-state index in [9.17, 15) is 48.8 Å². The first-order chi connectivity index (χ1) is 29.0. The Balaban J connectivity index is 1.46. The van der Waals surface area contributed by atoms with Crippen molar-refractivity contribution in [1.29, 1.82) is 0 Å². The van der Waals surface area contributed by atoms with Crippen LogP contribution >= 0.6 is 37.2 Å². The molecule has 9 N–H and O–H groups in total. The molecule has 0 aromatic carbocycles. The number of azide groups is 1. The van der Waals surface area contributed by atoms with Gasteiger partial charge >= 0.3 is 33.4 Å². The minimum atomic E-state index is -5.35. The van der Waals surface area contributed by atoms with Gasteiger partial charge in [0, 0.05) is 22.8 Å². The van der Waals surface area contributed by atoms with E-state index in [1.165, 1.54) is 33.9 Å². The zero-order chi connectivity index (χ0) is 45.8. The molecule has 0 bridgehead atoms. The van der Waals surface area contributed by atoms with Gasteiger partial charge in [-0.1, -0.05) is 28.5 Å². The monoisotopic (exact) mass is 954 g/mol. The van der Waals surface area contributed by atoms with Crippen LogP contribution in [0.15, 0.2) is 34.8 Å². The molecule has 0 spiro atoms. The molecule has 1 amide bonds. The van der Waals surface area contributed by atoms with E-state index in [1.807, 2.05) is 0 Å². The molecule has 0 saturated carbocycles. The van der Waals surface area contributed by atoms with Crippen LogP contribution < -0.4 is 22.5 Å². The summed E-state index contributed by atoms with van der Waals surface area (Å²) in [6.07, 6.45) is -6.55. The zero-order valence-corrected chi connectivity index (χ0v) is 36.8. The second-order valence-electron chi connectivity index (χ2n) is 14.5. The van der Waals surface area contributed by atoms with E-state index >= 15 is 0 Å². The van der Waals surface area contributed by atoms with Crippen molar-refractivity contribution >= 4 is 72.1 Å². The number of rotatable bonds is 18. The number of ether oxygens (including phenoxy) is 4. The average Bonchev–Trinajstić information content (AvgIpc) is 3.84. The fourth-order valence-corrected chi connectivity index (χ4v) is 9.38. The first kappa shape index (κ1) is 48.9. The first-order valence-corrected chi connectivity index (χ1v) is 23.7. The van der Waals surface area contributed by atoms with Crippen molar-refractivity contribution in [3.8, 4) is 0 Å². The number of imidazole rings is 1. The second kappa shape index (κ2) is 19.7. The van der Waals surface area contributed by atoms with Crippen LogP contribution in [0.2, 0.25) is 0 Å². The average molecular weight is 955 g/mol. The van der Waals surface area contributed by atoms with Crippen molar-refractivity contribution in [1.82, 2.24) is 34.4 Å². The molecule has 2 aliphatic heterocycles. The number of nitrogens with one attached hydrogen (secondary N) is 1. The van der Waals surface area contributed by atoms with Crippen LogP contribution in [0, 0.1) is 0 Å². The van der Waals surface area contributed by atoms with Crippen LogP contribution in [-0.4, -0.2) is 128 Å². The standard InChI is InChI=1S/C30H44N12O16P2S2/c1-14(62-61-5)8-15(37-28(46)57-29(2,3)4)26(44)55-22-18(56-30(23(22)43,39-40-33)42-13-36-21-24(32)34-12-35-25(21)42)11-53-60(50,51)58-16-9-20(41-7-6-19(31)38-27(41)45)54-17(16)10-52-59(47,48)49/h6-7,12-18,20,22-23,43H,8-11H2,1-5H3,(H,37,46)(H,50,51)(H2,31,38,45)(H2,32,34,35)(H2,47,48,49)/t14-,15-,16?,17?,18?,20?,22?,23?,30?/m1/s1. The number of amides is 1. The summed E-state index contributed by atoms with van der Waals surface area (Å²) in [5.74, 6) is -4.00. The van der Waals surface area contributed by atoms with Crippen LogP contribution in [0.1, 0.15) is 46.8 Å². The molecule has 32 heteroatoms. The van der Waals surface area contributed by atoms with Gasteiger partial charge in [-0.15, -0.1) is 0 Å². The third kappa shape index (κ3) is 12.1. The normalized spacial score (nSPS) is 26.0. The molecule has 8 unspecified atom stereocenters. The lowest BCUT2D eigenvalue weighted by Gasteiger charge is -2.29. The Morgan fingerprint density at radius 2 is 1.89 bits per heavy atom. The lowest BCUT2D eigenvalue weighted by Crippen LogP contribution is -2.50. The van der Waals surface area contributed by atoms with E-state index in [4.69, 9.17) is 39.5 Å². The van der Waals surface area contributed by atoms with Gasteiger partial charge in [0.05, 0.1) is 19.5 Å². The highest BCUT2D eigenvalue weighted by Crippen LogP contribution is 2.50. The fraction of sp³-hybridized carbons (Fsp3) is 0.633. The SMILES string of the molecule is CSS[C@H](C)C[C@@H](NC(=O)OC(C)(C)C)C(=O)OC1C(COP(=O)(O)OC2CC(n3ccc(N)nc3=O)OC2COP(=O)(O)O)OC(N=[N+]=[N-])(n2cnc3c(N)ncnc32)C1O. The van der Waals surface area contributed by atoms with Gasteiger partial charge < -0.3 is 55.5 Å². The summed E-state index contributed by atoms with van der Waals surface area (Å²) in [5.41, 5.74) is 19.3. The molecule has 3 aromatic rings. The van der Waals surface area contributed by atoms with E-state index in [-0.39, 0.29) is 34.5 Å². The number of hydrogen-bond donors (Lipinski definition) is 7. The van der Waals surface area contributed by atoms with Crippen LogP contribution in [0.3, 0.4) is 0 Å². The van der Waals surface area contributed by atoms with Gasteiger partial charge in [0.1, 0.15) is 59.9 Å². The third-order valence-electron chi connectivity index (χ3n) is 8.76. The molecule has 28 nitrogen and oxygen atoms in total. The molecule has 342 valence electrons. The topological polar surface area (TPSA) is 405 Å². The Kier molecular flexibility index (Phi) is 15.6. The summed E-state index contributed by atoms with van der Waals surface area (Å²) in [6, 6.07) is -0.160. The maximum Gasteiger partial charge on any atom is 0.472 e. The molecule has 5 heterocycles. The van der Waals surface area contributed by atoms with Crippen LogP contribution in [0.25, 0.3) is 21.6 Å². The summed E-state index contributed by atoms with van der Waals surface area (Å²) >= 11 is 0. The number of aromatic nitrogens is 6. The number of nitrogen functional groups attached to an aromatic ring is 2. The number of carbonyl (C=O) groups excluding carboxylic acids is 2. The molecular formula is C30H44N12O16P2S2. The quantitative estimate of drug-likeness (QED) is 0.0237. The smallest absolute Gasteiger partial charge is 0.455 e. The van der Waals surface area contributed by atoms with Gasteiger partial charge in [-0.05, 0) is 50.2 Å². The van der Waals surface area contributed by atoms with Gasteiger partial charge in [-0.25, -0.2) is 38.5 Å². The summed E-state index contributed by atoms with van der Waals surface area (Å²) in [5, 5.41) is 17.9. The largest absolute Gasteiger partial charge is 0.472 e. The number of aliphatic hydroxyl groups is 1. The number of phosphoric acid groups is 2. The molecular weight excluding hydrogens is 910 g/mol. The molecule has 3 aromatic heterocycles. The Morgan fingerprint density at radius 1 is 1.18 bits per heavy atom. The van der Waals surface area contributed by atoms with Crippen molar-refractivity contribution in [2.24, 2.45) is 5.11 Å². The third-order valence-corrected chi connectivity index (χ3v) is 12.5. The van der Waals surface area contributed by atoms with Crippen LogP contribution in [0.4, 0.5) is 16.4 Å². The van der Waals surface area contributed by atoms with Gasteiger partial charge in [0.15, 0.2) is 17.6 Å². The Morgan fingerprint density at radius 3 is 2.53 bits per heavy atom. The van der Waals surface area contributed by atoms with Gasteiger partial charge in [0.2, 0.25) is 0 Å². The van der Waals surface area contributed by atoms with Gasteiger partial charge in [-0.3, -0.25) is 22.7 Å². The number of hydrogen-bond acceptors (Lipinski definition) is 22. The number of nitrogens with two attached hydrogens (primary N) is 2. The Bertz CT molecular complexity index is 2310. The molecule has 62 heavy (non-hydrogen) atoms. The molecule has 2 saturated heterocycles. The van der Waals surface area contributed by atoms with Crippen LogP contribution in [0.5, 0.6) is 0 Å². The number of phosphoric ester groups is 2.